The Morgan fingerprint density at radius 1 is 1.25 bits per heavy atom. The second-order valence-electron chi connectivity index (χ2n) is 3.42. The van der Waals surface area contributed by atoms with Gasteiger partial charge in [-0.3, -0.25) is 4.79 Å². The lowest BCUT2D eigenvalue weighted by Crippen LogP contribution is -1.94. The van der Waals surface area contributed by atoms with Crippen molar-refractivity contribution in [1.82, 2.24) is 0 Å². The molecule has 1 radical (unpaired) electrons. The van der Waals surface area contributed by atoms with Crippen molar-refractivity contribution in [3.8, 4) is 0 Å². The Kier molecular flexibility index (Phi) is 4.30. The molecule has 0 saturated carbocycles. The molecule has 2 heteroatoms. The number of epoxide rings is 1. The molecule has 1 aliphatic heterocycles. The second-order valence-corrected chi connectivity index (χ2v) is 3.42. The smallest absolute Gasteiger partial charge is 0.232 e. The summed E-state index contributed by atoms with van der Waals surface area (Å²) in [6, 6.07) is 0. The van der Waals surface area contributed by atoms with Gasteiger partial charge in [0, 0.05) is 0 Å². The molecule has 2 unspecified atom stereocenters. The number of ether oxygens (including phenoxy) is 1. The fraction of sp³-hybridized carbons (Fsp3) is 0.900. The van der Waals surface area contributed by atoms with Crippen molar-refractivity contribution in [1.29, 1.82) is 0 Å². The van der Waals surface area contributed by atoms with Crippen molar-refractivity contribution in [2.45, 2.75) is 57.7 Å². The van der Waals surface area contributed by atoms with Crippen molar-refractivity contribution in [3.63, 3.8) is 0 Å². The zero-order chi connectivity index (χ0) is 8.81. The van der Waals surface area contributed by atoms with Crippen molar-refractivity contribution in [3.05, 3.63) is 0 Å². The molecule has 1 saturated heterocycles. The molecule has 1 rings (SSSR count). The largest absolute Gasteiger partial charge is 0.361 e. The molecular weight excluding hydrogens is 152 g/mol. The summed E-state index contributed by atoms with van der Waals surface area (Å²) in [5.41, 5.74) is 0. The fourth-order valence-electron chi connectivity index (χ4n) is 1.42. The van der Waals surface area contributed by atoms with Gasteiger partial charge in [0.15, 0.2) is 6.10 Å². The van der Waals surface area contributed by atoms with Crippen molar-refractivity contribution in [2.24, 2.45) is 0 Å². The van der Waals surface area contributed by atoms with E-state index in [1.807, 2.05) is 6.29 Å². The molecule has 0 spiro atoms. The quantitative estimate of drug-likeness (QED) is 0.432. The Morgan fingerprint density at radius 2 is 2.00 bits per heavy atom. The van der Waals surface area contributed by atoms with Crippen LogP contribution in [0, 0.1) is 0 Å². The average Bonchev–Trinajstić information content (AvgIpc) is 2.83. The maximum atomic E-state index is 10.1. The van der Waals surface area contributed by atoms with Crippen LogP contribution in [0.1, 0.15) is 45.4 Å². The highest BCUT2D eigenvalue weighted by Gasteiger charge is 2.38. The zero-order valence-electron chi connectivity index (χ0n) is 7.71. The highest BCUT2D eigenvalue weighted by Crippen LogP contribution is 2.25. The molecule has 69 valence electrons. The van der Waals surface area contributed by atoms with Crippen LogP contribution in [0.3, 0.4) is 0 Å². The lowest BCUT2D eigenvalue weighted by Gasteiger charge is -1.96. The molecule has 2 nitrogen and oxygen atoms in total. The Bertz CT molecular complexity index is 134. The van der Waals surface area contributed by atoms with Crippen molar-refractivity contribution >= 4 is 6.29 Å². The summed E-state index contributed by atoms with van der Waals surface area (Å²) < 4.78 is 5.05. The highest BCUT2D eigenvalue weighted by atomic mass is 16.6. The van der Waals surface area contributed by atoms with E-state index in [4.69, 9.17) is 4.74 Å². The highest BCUT2D eigenvalue weighted by molar-refractivity contribution is 5.61. The Morgan fingerprint density at radius 3 is 2.58 bits per heavy atom. The lowest BCUT2D eigenvalue weighted by molar-refractivity contribution is 0.373. The molecule has 12 heavy (non-hydrogen) atoms. The predicted molar refractivity (Wildman–Crippen MR) is 47.7 cm³/mol. The van der Waals surface area contributed by atoms with Crippen LogP contribution in [0.5, 0.6) is 0 Å². The summed E-state index contributed by atoms with van der Waals surface area (Å²) in [5, 5.41) is 0. The molecule has 0 aromatic carbocycles. The molecule has 0 aromatic rings. The second kappa shape index (κ2) is 5.31. The maximum absolute atomic E-state index is 10.1. The van der Waals surface area contributed by atoms with Crippen LogP contribution in [0.15, 0.2) is 0 Å². The molecule has 0 aromatic heterocycles. The molecule has 0 N–H and O–H groups in total. The van der Waals surface area contributed by atoms with Gasteiger partial charge in [-0.05, 0) is 6.42 Å². The standard InChI is InChI=1S/C10H17O2/c1-2-3-4-5-6-7-9-10(8-11)12-9/h9-10H,2-7H2,1H3. The van der Waals surface area contributed by atoms with E-state index >= 15 is 0 Å². The van der Waals surface area contributed by atoms with E-state index in [9.17, 15) is 4.79 Å². The van der Waals surface area contributed by atoms with Gasteiger partial charge >= 0.3 is 0 Å². The van der Waals surface area contributed by atoms with E-state index in [1.165, 1.54) is 32.1 Å². The molecule has 2 atom stereocenters. The van der Waals surface area contributed by atoms with Crippen LogP contribution < -0.4 is 0 Å². The van der Waals surface area contributed by atoms with E-state index in [2.05, 4.69) is 6.92 Å². The van der Waals surface area contributed by atoms with Crippen LogP contribution >= 0.6 is 0 Å². The zero-order valence-corrected chi connectivity index (χ0v) is 7.71. The third-order valence-corrected chi connectivity index (χ3v) is 2.29. The van der Waals surface area contributed by atoms with Crippen molar-refractivity contribution in [2.75, 3.05) is 0 Å². The van der Waals surface area contributed by atoms with Crippen LogP contribution in [-0.2, 0) is 9.53 Å². The number of hydrogen-bond donors (Lipinski definition) is 0. The molecule has 1 heterocycles. The lowest BCUT2D eigenvalue weighted by atomic mass is 10.1. The van der Waals surface area contributed by atoms with Crippen LogP contribution in [0.2, 0.25) is 0 Å². The topological polar surface area (TPSA) is 29.6 Å². The fourth-order valence-corrected chi connectivity index (χ4v) is 1.42. The van der Waals surface area contributed by atoms with E-state index in [0.717, 1.165) is 6.42 Å². The summed E-state index contributed by atoms with van der Waals surface area (Å²) in [4.78, 5) is 10.1. The Balaban J connectivity index is 1.81. The van der Waals surface area contributed by atoms with Gasteiger partial charge in [-0.2, -0.15) is 0 Å². The Labute approximate surface area is 74.3 Å². The van der Waals surface area contributed by atoms with Crippen LogP contribution in [0.25, 0.3) is 0 Å². The third-order valence-electron chi connectivity index (χ3n) is 2.29. The van der Waals surface area contributed by atoms with Crippen LogP contribution in [-0.4, -0.2) is 18.5 Å². The van der Waals surface area contributed by atoms with Gasteiger partial charge < -0.3 is 4.74 Å². The van der Waals surface area contributed by atoms with E-state index in [-0.39, 0.29) is 12.2 Å². The summed E-state index contributed by atoms with van der Waals surface area (Å²) in [7, 11) is 0. The molecule has 0 bridgehead atoms. The van der Waals surface area contributed by atoms with Gasteiger partial charge in [0.2, 0.25) is 6.29 Å². The first kappa shape index (κ1) is 9.72. The molecule has 1 fully saturated rings. The minimum absolute atomic E-state index is 0.184. The van der Waals surface area contributed by atoms with Gasteiger partial charge in [-0.25, -0.2) is 0 Å². The number of carbonyl (C=O) groups excluding carboxylic acids is 1. The Hall–Kier alpha value is -0.370. The minimum atomic E-state index is -0.184. The van der Waals surface area contributed by atoms with E-state index in [0.29, 0.717) is 0 Å². The number of hydrogen-bond acceptors (Lipinski definition) is 2. The molecular formula is C10H17O2. The van der Waals surface area contributed by atoms with Gasteiger partial charge in [-0.15, -0.1) is 0 Å². The summed E-state index contributed by atoms with van der Waals surface area (Å²) >= 11 is 0. The van der Waals surface area contributed by atoms with Gasteiger partial charge in [0.25, 0.3) is 0 Å². The first-order chi connectivity index (χ1) is 5.88. The normalized spacial score (nSPS) is 27.1. The van der Waals surface area contributed by atoms with Crippen molar-refractivity contribution < 1.29 is 9.53 Å². The average molecular weight is 169 g/mol. The van der Waals surface area contributed by atoms with Gasteiger partial charge in [-0.1, -0.05) is 39.0 Å². The number of unbranched alkanes of at least 4 members (excludes halogenated alkanes) is 4. The number of rotatable bonds is 7. The van der Waals surface area contributed by atoms with E-state index < -0.39 is 0 Å². The minimum Gasteiger partial charge on any atom is -0.361 e. The third kappa shape index (κ3) is 3.35. The van der Waals surface area contributed by atoms with Gasteiger partial charge in [0.1, 0.15) is 0 Å². The monoisotopic (exact) mass is 169 g/mol. The molecule has 1 aliphatic rings. The SMILES string of the molecule is CCCCCCCC1OC1[C]=O. The summed E-state index contributed by atoms with van der Waals surface area (Å²) in [6.07, 6.45) is 9.35. The first-order valence-corrected chi connectivity index (χ1v) is 4.91. The first-order valence-electron chi connectivity index (χ1n) is 4.91. The maximum Gasteiger partial charge on any atom is 0.232 e. The predicted octanol–water partition coefficient (Wildman–Crippen LogP) is 2.22. The summed E-state index contributed by atoms with van der Waals surface area (Å²) in [5.74, 6) is 0. The van der Waals surface area contributed by atoms with Crippen LogP contribution in [0.4, 0.5) is 0 Å². The molecule has 0 amide bonds. The molecule has 0 aliphatic carbocycles. The summed E-state index contributed by atoms with van der Waals surface area (Å²) in [6.45, 7) is 2.21. The van der Waals surface area contributed by atoms with Gasteiger partial charge in [0.05, 0.1) is 6.10 Å². The van der Waals surface area contributed by atoms with E-state index in [1.54, 1.807) is 0 Å².